The molecule has 0 saturated heterocycles. The van der Waals surface area contributed by atoms with Gasteiger partial charge in [0.1, 0.15) is 6.61 Å². The molecule has 19 heavy (non-hydrogen) atoms. The van der Waals surface area contributed by atoms with E-state index in [1.54, 1.807) is 0 Å². The molecule has 0 unspecified atom stereocenters. The lowest BCUT2D eigenvalue weighted by atomic mass is 10.2. The van der Waals surface area contributed by atoms with Gasteiger partial charge in [0.25, 0.3) is 0 Å². The maximum atomic E-state index is 11.5. The Kier molecular flexibility index (Phi) is 11.9. The summed E-state index contributed by atoms with van der Waals surface area (Å²) in [4.78, 5) is 13.4. The number of hydrogen-bond donors (Lipinski definition) is 1. The molecule has 2 N–H and O–H groups in total. The van der Waals surface area contributed by atoms with E-state index in [0.717, 1.165) is 5.56 Å². The lowest BCUT2D eigenvalue weighted by Gasteiger charge is -2.16. The van der Waals surface area contributed by atoms with E-state index in [-0.39, 0.29) is 43.2 Å². The highest BCUT2D eigenvalue weighted by atomic mass is 35.5. The van der Waals surface area contributed by atoms with Gasteiger partial charge in [0.15, 0.2) is 0 Å². The number of esters is 1. The molecular formula is C13H22Cl2N2O2. The number of nitrogens with two attached hydrogens (primary N) is 1. The number of nitrogens with zero attached hydrogens (tertiary/aromatic N) is 1. The molecule has 4 nitrogen and oxygen atoms in total. The predicted molar refractivity (Wildman–Crippen MR) is 81.9 cm³/mol. The number of ether oxygens (including phenoxy) is 1. The van der Waals surface area contributed by atoms with Gasteiger partial charge in [0.05, 0.1) is 6.42 Å². The van der Waals surface area contributed by atoms with E-state index in [9.17, 15) is 4.79 Å². The van der Waals surface area contributed by atoms with Gasteiger partial charge in [-0.05, 0) is 19.7 Å². The zero-order chi connectivity index (χ0) is 12.7. The summed E-state index contributed by atoms with van der Waals surface area (Å²) < 4.78 is 5.14. The fourth-order valence-corrected chi connectivity index (χ4v) is 1.54. The smallest absolute Gasteiger partial charge is 0.307 e. The molecule has 0 spiro atoms. The molecule has 0 aliphatic heterocycles. The van der Waals surface area contributed by atoms with Crippen molar-refractivity contribution in [3.05, 3.63) is 35.9 Å². The molecule has 0 saturated carbocycles. The Bertz CT molecular complexity index is 348. The fraction of sp³-hybridized carbons (Fsp3) is 0.462. The normalized spacial score (nSPS) is 11.2. The third kappa shape index (κ3) is 9.73. The number of benzene rings is 1. The van der Waals surface area contributed by atoms with Gasteiger partial charge in [0.2, 0.25) is 0 Å². The number of carbonyl (C=O) groups excluding carboxylic acids is 1. The van der Waals surface area contributed by atoms with Crippen LogP contribution in [0.3, 0.4) is 0 Å². The van der Waals surface area contributed by atoms with Crippen molar-refractivity contribution in [3.63, 3.8) is 0 Å². The summed E-state index contributed by atoms with van der Waals surface area (Å²) in [6.45, 7) is 0.995. The van der Waals surface area contributed by atoms with Gasteiger partial charge >= 0.3 is 5.97 Å². The van der Waals surface area contributed by atoms with Crippen LogP contribution in [0.5, 0.6) is 0 Å². The second kappa shape index (κ2) is 11.1. The minimum absolute atomic E-state index is 0. The first-order valence-corrected chi connectivity index (χ1v) is 5.68. The SMILES string of the molecule is CN(C)C[C@@H](N)CC(=O)OCc1ccccc1.Cl.Cl. The number of hydrogen-bond acceptors (Lipinski definition) is 4. The van der Waals surface area contributed by atoms with Gasteiger partial charge in [0, 0.05) is 12.6 Å². The Hall–Kier alpha value is -0.810. The van der Waals surface area contributed by atoms with E-state index in [2.05, 4.69) is 0 Å². The van der Waals surface area contributed by atoms with Crippen molar-refractivity contribution in [2.75, 3.05) is 20.6 Å². The molecule has 0 aromatic heterocycles. The maximum Gasteiger partial charge on any atom is 0.307 e. The Morgan fingerprint density at radius 2 is 1.84 bits per heavy atom. The van der Waals surface area contributed by atoms with Gasteiger partial charge in [-0.25, -0.2) is 0 Å². The minimum atomic E-state index is -0.247. The van der Waals surface area contributed by atoms with E-state index < -0.39 is 0 Å². The predicted octanol–water partition coefficient (Wildman–Crippen LogP) is 1.85. The fourth-order valence-electron chi connectivity index (χ4n) is 1.54. The van der Waals surface area contributed by atoms with Crippen LogP contribution in [0.4, 0.5) is 0 Å². The average molecular weight is 309 g/mol. The largest absolute Gasteiger partial charge is 0.461 e. The molecule has 110 valence electrons. The van der Waals surface area contributed by atoms with E-state index in [4.69, 9.17) is 10.5 Å². The Morgan fingerprint density at radius 1 is 1.26 bits per heavy atom. The second-order valence-electron chi connectivity index (χ2n) is 4.37. The zero-order valence-corrected chi connectivity index (χ0v) is 12.9. The number of halogens is 2. The topological polar surface area (TPSA) is 55.6 Å². The van der Waals surface area contributed by atoms with Crippen molar-refractivity contribution >= 4 is 30.8 Å². The molecule has 0 fully saturated rings. The summed E-state index contributed by atoms with van der Waals surface area (Å²) in [5, 5.41) is 0. The number of carbonyl (C=O) groups is 1. The van der Waals surface area contributed by atoms with Crippen molar-refractivity contribution < 1.29 is 9.53 Å². The first-order valence-electron chi connectivity index (χ1n) is 5.68. The average Bonchev–Trinajstić information content (AvgIpc) is 2.26. The molecule has 6 heteroatoms. The Morgan fingerprint density at radius 3 is 2.37 bits per heavy atom. The molecular weight excluding hydrogens is 287 g/mol. The van der Waals surface area contributed by atoms with Crippen molar-refractivity contribution in [3.8, 4) is 0 Å². The maximum absolute atomic E-state index is 11.5. The standard InChI is InChI=1S/C13H20N2O2.2ClH/c1-15(2)9-12(14)8-13(16)17-10-11-6-4-3-5-7-11;;/h3-7,12H,8-10,14H2,1-2H3;2*1H/t12-;;/m0../s1. The van der Waals surface area contributed by atoms with Crippen LogP contribution in [0.1, 0.15) is 12.0 Å². The van der Waals surface area contributed by atoms with Crippen LogP contribution in [-0.2, 0) is 16.1 Å². The van der Waals surface area contributed by atoms with Crippen LogP contribution >= 0.6 is 24.8 Å². The van der Waals surface area contributed by atoms with Crippen molar-refractivity contribution in [2.45, 2.75) is 19.1 Å². The third-order valence-corrected chi connectivity index (χ3v) is 2.27. The van der Waals surface area contributed by atoms with E-state index >= 15 is 0 Å². The van der Waals surface area contributed by atoms with Gasteiger partial charge in [-0.15, -0.1) is 24.8 Å². The van der Waals surface area contributed by atoms with Gasteiger partial charge < -0.3 is 15.4 Å². The molecule has 0 bridgehead atoms. The first kappa shape index (κ1) is 20.5. The van der Waals surface area contributed by atoms with Crippen molar-refractivity contribution in [1.29, 1.82) is 0 Å². The van der Waals surface area contributed by atoms with Crippen molar-refractivity contribution in [1.82, 2.24) is 4.90 Å². The lowest BCUT2D eigenvalue weighted by Crippen LogP contribution is -2.35. The van der Waals surface area contributed by atoms with Crippen LogP contribution in [0, 0.1) is 0 Å². The third-order valence-electron chi connectivity index (χ3n) is 2.27. The summed E-state index contributed by atoms with van der Waals surface area (Å²) in [5.74, 6) is -0.247. The molecule has 1 atom stereocenters. The summed E-state index contributed by atoms with van der Waals surface area (Å²) in [6.07, 6.45) is 0.255. The second-order valence-corrected chi connectivity index (χ2v) is 4.37. The van der Waals surface area contributed by atoms with Crippen LogP contribution in [-0.4, -0.2) is 37.6 Å². The Labute approximate surface area is 127 Å². The molecule has 0 radical (unpaired) electrons. The van der Waals surface area contributed by atoms with Gasteiger partial charge in [-0.1, -0.05) is 30.3 Å². The quantitative estimate of drug-likeness (QED) is 0.815. The first-order chi connectivity index (χ1) is 8.08. The highest BCUT2D eigenvalue weighted by Gasteiger charge is 2.11. The van der Waals surface area contributed by atoms with Gasteiger partial charge in [-0.3, -0.25) is 4.79 Å². The van der Waals surface area contributed by atoms with E-state index in [0.29, 0.717) is 13.2 Å². The monoisotopic (exact) mass is 308 g/mol. The molecule has 0 aliphatic rings. The van der Waals surface area contributed by atoms with Crippen LogP contribution < -0.4 is 5.73 Å². The summed E-state index contributed by atoms with van der Waals surface area (Å²) >= 11 is 0. The summed E-state index contributed by atoms with van der Waals surface area (Å²) in [7, 11) is 3.85. The van der Waals surface area contributed by atoms with Crippen LogP contribution in [0.25, 0.3) is 0 Å². The van der Waals surface area contributed by atoms with E-state index in [1.165, 1.54) is 0 Å². The highest BCUT2D eigenvalue weighted by molar-refractivity contribution is 5.85. The molecule has 1 rings (SSSR count). The summed E-state index contributed by atoms with van der Waals surface area (Å²) in [6, 6.07) is 9.44. The van der Waals surface area contributed by atoms with Gasteiger partial charge in [-0.2, -0.15) is 0 Å². The molecule has 0 aliphatic carbocycles. The van der Waals surface area contributed by atoms with Crippen molar-refractivity contribution in [2.24, 2.45) is 5.73 Å². The van der Waals surface area contributed by atoms with E-state index in [1.807, 2.05) is 49.3 Å². The minimum Gasteiger partial charge on any atom is -0.461 e. The summed E-state index contributed by atoms with van der Waals surface area (Å²) in [5.41, 5.74) is 6.79. The molecule has 1 aromatic rings. The lowest BCUT2D eigenvalue weighted by molar-refractivity contribution is -0.145. The molecule has 1 aromatic carbocycles. The van der Waals surface area contributed by atoms with Crippen LogP contribution in [0.15, 0.2) is 30.3 Å². The number of rotatable bonds is 6. The highest BCUT2D eigenvalue weighted by Crippen LogP contribution is 2.02. The molecule has 0 amide bonds. The van der Waals surface area contributed by atoms with Crippen LogP contribution in [0.2, 0.25) is 0 Å². The number of likely N-dealkylation sites (N-methyl/N-ethyl adjacent to an activating group) is 1. The Balaban J connectivity index is 0. The zero-order valence-electron chi connectivity index (χ0n) is 11.2. The molecule has 0 heterocycles.